The molecule has 0 N–H and O–H groups in total. The zero-order chi connectivity index (χ0) is 22.6. The Bertz CT molecular complexity index is 1080. The summed E-state index contributed by atoms with van der Waals surface area (Å²) in [5, 5.41) is 0. The molecule has 1 fully saturated rings. The van der Waals surface area contributed by atoms with Gasteiger partial charge in [-0.1, -0.05) is 12.1 Å². The number of carbonyl (C=O) groups is 2. The summed E-state index contributed by atoms with van der Waals surface area (Å²) in [6, 6.07) is 11.5. The van der Waals surface area contributed by atoms with Gasteiger partial charge in [-0.05, 0) is 55.3 Å². The van der Waals surface area contributed by atoms with Gasteiger partial charge < -0.3 is 14.4 Å². The SMILES string of the molecule is COC(=O)c1cccc(OCC(=O)N2CCN(S(=O)(=O)c3ccc(C)c(C)c3)CC2)c1. The average molecular weight is 447 g/mol. The summed E-state index contributed by atoms with van der Waals surface area (Å²) in [6.45, 7) is 4.63. The summed E-state index contributed by atoms with van der Waals surface area (Å²) in [6.07, 6.45) is 0. The molecule has 1 amide bonds. The maximum atomic E-state index is 12.9. The second-order valence-corrected chi connectivity index (χ2v) is 9.28. The van der Waals surface area contributed by atoms with Crippen molar-refractivity contribution in [2.45, 2.75) is 18.7 Å². The van der Waals surface area contributed by atoms with E-state index in [1.807, 2.05) is 13.8 Å². The molecule has 0 radical (unpaired) electrons. The van der Waals surface area contributed by atoms with Gasteiger partial charge in [0.25, 0.3) is 5.91 Å². The van der Waals surface area contributed by atoms with Crippen LogP contribution in [0.4, 0.5) is 0 Å². The molecular formula is C22H26N2O6S. The minimum atomic E-state index is -3.60. The van der Waals surface area contributed by atoms with E-state index in [9.17, 15) is 18.0 Å². The second kappa shape index (κ2) is 9.49. The molecule has 1 aliphatic heterocycles. The number of nitrogens with zero attached hydrogens (tertiary/aromatic N) is 2. The van der Waals surface area contributed by atoms with Crippen molar-refractivity contribution in [3.05, 3.63) is 59.2 Å². The monoisotopic (exact) mass is 446 g/mol. The Morgan fingerprint density at radius 3 is 2.32 bits per heavy atom. The minimum absolute atomic E-state index is 0.200. The van der Waals surface area contributed by atoms with Crippen LogP contribution in [0.25, 0.3) is 0 Å². The molecule has 1 heterocycles. The molecule has 1 aliphatic rings. The zero-order valence-electron chi connectivity index (χ0n) is 17.8. The first-order valence-corrected chi connectivity index (χ1v) is 11.3. The number of ether oxygens (including phenoxy) is 2. The number of carbonyl (C=O) groups excluding carboxylic acids is 2. The van der Waals surface area contributed by atoms with E-state index in [2.05, 4.69) is 4.74 Å². The molecule has 31 heavy (non-hydrogen) atoms. The van der Waals surface area contributed by atoms with Gasteiger partial charge in [-0.15, -0.1) is 0 Å². The Morgan fingerprint density at radius 1 is 0.968 bits per heavy atom. The molecule has 1 saturated heterocycles. The van der Waals surface area contributed by atoms with E-state index in [0.717, 1.165) is 11.1 Å². The van der Waals surface area contributed by atoms with Gasteiger partial charge >= 0.3 is 5.97 Å². The van der Waals surface area contributed by atoms with E-state index in [0.29, 0.717) is 11.3 Å². The third kappa shape index (κ3) is 5.23. The number of amides is 1. The molecule has 0 bridgehead atoms. The van der Waals surface area contributed by atoms with E-state index in [1.165, 1.54) is 17.5 Å². The normalized spacial score (nSPS) is 14.9. The van der Waals surface area contributed by atoms with Crippen LogP contribution in [-0.2, 0) is 19.6 Å². The van der Waals surface area contributed by atoms with Crippen LogP contribution in [0, 0.1) is 13.8 Å². The fraction of sp³-hybridized carbons (Fsp3) is 0.364. The Kier molecular flexibility index (Phi) is 6.97. The zero-order valence-corrected chi connectivity index (χ0v) is 18.6. The fourth-order valence-electron chi connectivity index (χ4n) is 3.27. The lowest BCUT2D eigenvalue weighted by Crippen LogP contribution is -2.51. The molecule has 8 nitrogen and oxygen atoms in total. The molecule has 0 aliphatic carbocycles. The molecule has 0 atom stereocenters. The number of aryl methyl sites for hydroxylation is 2. The number of esters is 1. The van der Waals surface area contributed by atoms with Gasteiger partial charge in [0.05, 0.1) is 17.6 Å². The smallest absolute Gasteiger partial charge is 0.337 e. The van der Waals surface area contributed by atoms with Gasteiger partial charge in [-0.25, -0.2) is 13.2 Å². The molecule has 0 spiro atoms. The van der Waals surface area contributed by atoms with Gasteiger partial charge in [0.1, 0.15) is 5.75 Å². The number of benzene rings is 2. The van der Waals surface area contributed by atoms with E-state index in [4.69, 9.17) is 4.74 Å². The highest BCUT2D eigenvalue weighted by Crippen LogP contribution is 2.21. The molecular weight excluding hydrogens is 420 g/mol. The maximum Gasteiger partial charge on any atom is 0.337 e. The molecule has 166 valence electrons. The number of sulfonamides is 1. The number of methoxy groups -OCH3 is 1. The molecule has 9 heteroatoms. The van der Waals surface area contributed by atoms with E-state index in [1.54, 1.807) is 41.3 Å². The van der Waals surface area contributed by atoms with Gasteiger partial charge in [0, 0.05) is 26.2 Å². The van der Waals surface area contributed by atoms with Crippen molar-refractivity contribution in [3.8, 4) is 5.75 Å². The second-order valence-electron chi connectivity index (χ2n) is 7.34. The van der Waals surface area contributed by atoms with Crippen molar-refractivity contribution < 1.29 is 27.5 Å². The van der Waals surface area contributed by atoms with Gasteiger partial charge in [-0.2, -0.15) is 4.31 Å². The fourth-order valence-corrected chi connectivity index (χ4v) is 4.78. The van der Waals surface area contributed by atoms with Gasteiger partial charge in [0.15, 0.2) is 6.61 Å². The van der Waals surface area contributed by atoms with Gasteiger partial charge in [-0.3, -0.25) is 4.79 Å². The molecule has 0 saturated carbocycles. The summed E-state index contributed by atoms with van der Waals surface area (Å²) >= 11 is 0. The standard InChI is InChI=1S/C22H26N2O6S/c1-16-7-8-20(13-17(16)2)31(27,28)24-11-9-23(10-12-24)21(25)15-30-19-6-4-5-18(14-19)22(26)29-3/h4-8,13-14H,9-12,15H2,1-3H3. The van der Waals surface area contributed by atoms with Crippen LogP contribution in [0.3, 0.4) is 0 Å². The summed E-state index contributed by atoms with van der Waals surface area (Å²) in [5.74, 6) is -0.350. The maximum absolute atomic E-state index is 12.9. The Balaban J connectivity index is 1.56. The number of hydrogen-bond donors (Lipinski definition) is 0. The highest BCUT2D eigenvalue weighted by Gasteiger charge is 2.30. The quantitative estimate of drug-likeness (QED) is 0.630. The highest BCUT2D eigenvalue weighted by atomic mass is 32.2. The van der Waals surface area contributed by atoms with E-state index < -0.39 is 16.0 Å². The molecule has 2 aromatic carbocycles. The van der Waals surface area contributed by atoms with Crippen molar-refractivity contribution in [3.63, 3.8) is 0 Å². The van der Waals surface area contributed by atoms with Crippen molar-refractivity contribution in [2.75, 3.05) is 39.9 Å². The number of hydrogen-bond acceptors (Lipinski definition) is 6. The predicted octanol–water partition coefficient (Wildman–Crippen LogP) is 2.00. The molecule has 0 unspecified atom stereocenters. The van der Waals surface area contributed by atoms with Crippen molar-refractivity contribution in [1.82, 2.24) is 9.21 Å². The third-order valence-corrected chi connectivity index (χ3v) is 7.22. The van der Waals surface area contributed by atoms with Crippen molar-refractivity contribution >= 4 is 21.9 Å². The highest BCUT2D eigenvalue weighted by molar-refractivity contribution is 7.89. The number of piperazine rings is 1. The first kappa shape index (κ1) is 22.8. The molecule has 2 aromatic rings. The van der Waals surface area contributed by atoms with Crippen LogP contribution in [0.1, 0.15) is 21.5 Å². The van der Waals surface area contributed by atoms with E-state index >= 15 is 0 Å². The third-order valence-electron chi connectivity index (χ3n) is 5.32. The summed E-state index contributed by atoms with van der Waals surface area (Å²) in [7, 11) is -2.31. The first-order chi connectivity index (χ1) is 14.7. The summed E-state index contributed by atoms with van der Waals surface area (Å²) < 4.78 is 37.4. The largest absolute Gasteiger partial charge is 0.484 e. The van der Waals surface area contributed by atoms with Crippen LogP contribution >= 0.6 is 0 Å². The lowest BCUT2D eigenvalue weighted by atomic mass is 10.1. The van der Waals surface area contributed by atoms with Crippen LogP contribution < -0.4 is 4.74 Å². The van der Waals surface area contributed by atoms with Crippen LogP contribution in [0.5, 0.6) is 5.75 Å². The Morgan fingerprint density at radius 2 is 1.68 bits per heavy atom. The first-order valence-electron chi connectivity index (χ1n) is 9.88. The number of rotatable bonds is 6. The predicted molar refractivity (Wildman–Crippen MR) is 115 cm³/mol. The van der Waals surface area contributed by atoms with Gasteiger partial charge in [0.2, 0.25) is 10.0 Å². The molecule has 3 rings (SSSR count). The van der Waals surface area contributed by atoms with Crippen LogP contribution in [0.15, 0.2) is 47.4 Å². The Labute approximate surface area is 182 Å². The Hall–Kier alpha value is -2.91. The van der Waals surface area contributed by atoms with Crippen molar-refractivity contribution in [1.29, 1.82) is 0 Å². The topological polar surface area (TPSA) is 93.2 Å². The van der Waals surface area contributed by atoms with E-state index in [-0.39, 0.29) is 43.6 Å². The van der Waals surface area contributed by atoms with Crippen LogP contribution in [-0.4, -0.2) is 69.4 Å². The lowest BCUT2D eigenvalue weighted by molar-refractivity contribution is -0.134. The lowest BCUT2D eigenvalue weighted by Gasteiger charge is -2.34. The minimum Gasteiger partial charge on any atom is -0.484 e. The van der Waals surface area contributed by atoms with Crippen LogP contribution in [0.2, 0.25) is 0 Å². The molecule has 0 aromatic heterocycles. The van der Waals surface area contributed by atoms with Crippen molar-refractivity contribution in [2.24, 2.45) is 0 Å². The summed E-state index contributed by atoms with van der Waals surface area (Å²) in [4.78, 5) is 25.9. The average Bonchev–Trinajstić information content (AvgIpc) is 2.78. The summed E-state index contributed by atoms with van der Waals surface area (Å²) in [5.41, 5.74) is 2.28.